The van der Waals surface area contributed by atoms with Crippen molar-refractivity contribution in [1.82, 2.24) is 4.90 Å². The smallest absolute Gasteiger partial charge is 0.0903 e. The second kappa shape index (κ2) is 4.69. The van der Waals surface area contributed by atoms with E-state index in [1.54, 1.807) is 11.3 Å². The molecule has 0 radical (unpaired) electrons. The number of ether oxygens (including phenoxy) is 1. The number of nitrogens with two attached hydrogens (primary N) is 1. The Bertz CT molecular complexity index is 393. The van der Waals surface area contributed by atoms with Gasteiger partial charge in [0, 0.05) is 22.3 Å². The zero-order valence-electron chi connectivity index (χ0n) is 10.3. The summed E-state index contributed by atoms with van der Waals surface area (Å²) in [5.41, 5.74) is 6.32. The van der Waals surface area contributed by atoms with Crippen LogP contribution in [0.15, 0.2) is 12.1 Å². The largest absolute Gasteiger partial charge is 0.373 e. The standard InChI is InChI=1S/C13H20N2OS/c1-9-4-5-12(17-9)13(14)11-7-15-6-2-3-10(15)8-16-11/h4-5,10-11,13H,2-3,6-8,14H2,1H3. The van der Waals surface area contributed by atoms with Crippen molar-refractivity contribution in [2.24, 2.45) is 5.73 Å². The van der Waals surface area contributed by atoms with Gasteiger partial charge in [-0.3, -0.25) is 4.90 Å². The van der Waals surface area contributed by atoms with Gasteiger partial charge < -0.3 is 10.5 Å². The number of fused-ring (bicyclic) bond motifs is 1. The van der Waals surface area contributed by atoms with Crippen molar-refractivity contribution in [2.45, 2.75) is 38.0 Å². The summed E-state index contributed by atoms with van der Waals surface area (Å²) in [5.74, 6) is 0. The molecule has 0 saturated carbocycles. The average molecular weight is 252 g/mol. The molecule has 2 saturated heterocycles. The van der Waals surface area contributed by atoms with E-state index in [2.05, 4.69) is 24.0 Å². The molecule has 0 aliphatic carbocycles. The molecule has 3 heterocycles. The Morgan fingerprint density at radius 1 is 1.53 bits per heavy atom. The fourth-order valence-electron chi connectivity index (χ4n) is 2.88. The van der Waals surface area contributed by atoms with Crippen LogP contribution in [0.3, 0.4) is 0 Å². The molecule has 3 atom stereocenters. The van der Waals surface area contributed by atoms with Crippen molar-refractivity contribution < 1.29 is 4.74 Å². The van der Waals surface area contributed by atoms with Crippen LogP contribution in [0.2, 0.25) is 0 Å². The van der Waals surface area contributed by atoms with Gasteiger partial charge in [-0.15, -0.1) is 11.3 Å². The van der Waals surface area contributed by atoms with Gasteiger partial charge in [-0.25, -0.2) is 0 Å². The summed E-state index contributed by atoms with van der Waals surface area (Å²) in [5, 5.41) is 0. The van der Waals surface area contributed by atoms with E-state index in [9.17, 15) is 0 Å². The van der Waals surface area contributed by atoms with Crippen LogP contribution in [0.1, 0.15) is 28.6 Å². The molecule has 0 spiro atoms. The van der Waals surface area contributed by atoms with E-state index in [4.69, 9.17) is 10.5 Å². The van der Waals surface area contributed by atoms with E-state index < -0.39 is 0 Å². The lowest BCUT2D eigenvalue weighted by Crippen LogP contribution is -2.49. The molecule has 3 rings (SSSR count). The third-order valence-electron chi connectivity index (χ3n) is 3.91. The Morgan fingerprint density at radius 3 is 3.18 bits per heavy atom. The van der Waals surface area contributed by atoms with Crippen LogP contribution >= 0.6 is 11.3 Å². The lowest BCUT2D eigenvalue weighted by atomic mass is 10.1. The number of nitrogens with zero attached hydrogens (tertiary/aromatic N) is 1. The third kappa shape index (κ3) is 2.27. The molecule has 2 aliphatic heterocycles. The monoisotopic (exact) mass is 252 g/mol. The van der Waals surface area contributed by atoms with Crippen LogP contribution in [0.5, 0.6) is 0 Å². The molecule has 2 N–H and O–H groups in total. The van der Waals surface area contributed by atoms with Crippen molar-refractivity contribution >= 4 is 11.3 Å². The molecule has 17 heavy (non-hydrogen) atoms. The lowest BCUT2D eigenvalue weighted by Gasteiger charge is -2.37. The minimum Gasteiger partial charge on any atom is -0.373 e. The fourth-order valence-corrected chi connectivity index (χ4v) is 3.81. The van der Waals surface area contributed by atoms with Gasteiger partial charge in [0.05, 0.1) is 18.8 Å². The Balaban J connectivity index is 1.68. The maximum atomic E-state index is 6.32. The first-order valence-electron chi connectivity index (χ1n) is 6.41. The van der Waals surface area contributed by atoms with Crippen LogP contribution in [0.4, 0.5) is 0 Å². The van der Waals surface area contributed by atoms with Crippen LogP contribution < -0.4 is 5.73 Å². The summed E-state index contributed by atoms with van der Waals surface area (Å²) >= 11 is 1.79. The summed E-state index contributed by atoms with van der Waals surface area (Å²) in [4.78, 5) is 5.13. The van der Waals surface area contributed by atoms with Gasteiger partial charge in [-0.2, -0.15) is 0 Å². The molecule has 0 amide bonds. The zero-order chi connectivity index (χ0) is 11.8. The Labute approximate surface area is 107 Å². The molecule has 1 aromatic rings. The highest BCUT2D eigenvalue weighted by Gasteiger charge is 2.35. The Hall–Kier alpha value is -0.420. The molecule has 2 fully saturated rings. The molecule has 94 valence electrons. The van der Waals surface area contributed by atoms with E-state index in [0.29, 0.717) is 6.04 Å². The number of morpholine rings is 1. The summed E-state index contributed by atoms with van der Waals surface area (Å²) in [7, 11) is 0. The predicted octanol–water partition coefficient (Wildman–Crippen LogP) is 1.92. The fraction of sp³-hybridized carbons (Fsp3) is 0.692. The van der Waals surface area contributed by atoms with Gasteiger partial charge in [0.2, 0.25) is 0 Å². The number of thiophene rings is 1. The Kier molecular flexibility index (Phi) is 3.21. The minimum absolute atomic E-state index is 0.0373. The van der Waals surface area contributed by atoms with E-state index in [1.807, 2.05) is 0 Å². The summed E-state index contributed by atoms with van der Waals surface area (Å²) in [6.45, 7) is 5.21. The van der Waals surface area contributed by atoms with Crippen LogP contribution in [-0.2, 0) is 4.74 Å². The predicted molar refractivity (Wildman–Crippen MR) is 70.3 cm³/mol. The number of aryl methyl sites for hydroxylation is 1. The summed E-state index contributed by atoms with van der Waals surface area (Å²) < 4.78 is 5.96. The van der Waals surface area contributed by atoms with E-state index in [1.165, 1.54) is 29.1 Å². The first-order chi connectivity index (χ1) is 8.24. The van der Waals surface area contributed by atoms with Gasteiger partial charge in [0.15, 0.2) is 0 Å². The third-order valence-corrected chi connectivity index (χ3v) is 5.01. The van der Waals surface area contributed by atoms with Crippen molar-refractivity contribution in [1.29, 1.82) is 0 Å². The quantitative estimate of drug-likeness (QED) is 0.874. The Morgan fingerprint density at radius 2 is 2.41 bits per heavy atom. The summed E-state index contributed by atoms with van der Waals surface area (Å²) in [6, 6.07) is 4.98. The second-order valence-corrected chi connectivity index (χ2v) is 6.46. The average Bonchev–Trinajstić information content (AvgIpc) is 2.95. The topological polar surface area (TPSA) is 38.5 Å². The second-order valence-electron chi connectivity index (χ2n) is 5.14. The molecule has 3 unspecified atom stereocenters. The maximum Gasteiger partial charge on any atom is 0.0903 e. The molecule has 3 nitrogen and oxygen atoms in total. The highest BCUT2D eigenvalue weighted by atomic mass is 32.1. The van der Waals surface area contributed by atoms with Crippen molar-refractivity contribution in [3.05, 3.63) is 21.9 Å². The van der Waals surface area contributed by atoms with Crippen molar-refractivity contribution in [3.8, 4) is 0 Å². The van der Waals surface area contributed by atoms with Crippen LogP contribution in [-0.4, -0.2) is 36.7 Å². The highest BCUT2D eigenvalue weighted by Crippen LogP contribution is 2.30. The van der Waals surface area contributed by atoms with Crippen molar-refractivity contribution in [2.75, 3.05) is 19.7 Å². The van der Waals surface area contributed by atoms with E-state index in [0.717, 1.165) is 13.2 Å². The minimum atomic E-state index is 0.0373. The number of hydrogen-bond donors (Lipinski definition) is 1. The van der Waals surface area contributed by atoms with Crippen molar-refractivity contribution in [3.63, 3.8) is 0 Å². The molecule has 4 heteroatoms. The summed E-state index contributed by atoms with van der Waals surface area (Å²) in [6.07, 6.45) is 2.77. The van der Waals surface area contributed by atoms with Gasteiger partial charge in [-0.1, -0.05) is 0 Å². The van der Waals surface area contributed by atoms with Gasteiger partial charge in [0.25, 0.3) is 0 Å². The SMILES string of the molecule is Cc1ccc(C(N)C2CN3CCCC3CO2)s1. The van der Waals surface area contributed by atoms with Crippen LogP contribution in [0, 0.1) is 6.92 Å². The molecule has 1 aromatic heterocycles. The first-order valence-corrected chi connectivity index (χ1v) is 7.23. The molecule has 0 aromatic carbocycles. The van der Waals surface area contributed by atoms with Crippen LogP contribution in [0.25, 0.3) is 0 Å². The zero-order valence-corrected chi connectivity index (χ0v) is 11.1. The van der Waals surface area contributed by atoms with Gasteiger partial charge >= 0.3 is 0 Å². The maximum absolute atomic E-state index is 6.32. The number of hydrogen-bond acceptors (Lipinski definition) is 4. The normalized spacial score (nSPS) is 31.4. The van der Waals surface area contributed by atoms with E-state index in [-0.39, 0.29) is 12.1 Å². The number of rotatable bonds is 2. The molecular weight excluding hydrogens is 232 g/mol. The molecule has 0 bridgehead atoms. The first kappa shape index (κ1) is 11.7. The molecular formula is C13H20N2OS. The van der Waals surface area contributed by atoms with Gasteiger partial charge in [-0.05, 0) is 38.4 Å². The highest BCUT2D eigenvalue weighted by molar-refractivity contribution is 7.12. The lowest BCUT2D eigenvalue weighted by molar-refractivity contribution is -0.0592. The molecule has 2 aliphatic rings. The van der Waals surface area contributed by atoms with E-state index >= 15 is 0 Å². The van der Waals surface area contributed by atoms with Gasteiger partial charge in [0.1, 0.15) is 0 Å².